The number of hydrazine groups is 1. The van der Waals surface area contributed by atoms with E-state index in [4.69, 9.17) is 10.3 Å². The van der Waals surface area contributed by atoms with Crippen molar-refractivity contribution in [1.29, 1.82) is 0 Å². The molecule has 0 spiro atoms. The Balaban J connectivity index is 1.98. The number of carbonyl (C=O) groups is 1. The number of benzene rings is 1. The summed E-state index contributed by atoms with van der Waals surface area (Å²) in [5.41, 5.74) is 4.52. The third-order valence-corrected chi connectivity index (χ3v) is 4.00. The van der Waals surface area contributed by atoms with Gasteiger partial charge in [0, 0.05) is 17.2 Å². The van der Waals surface area contributed by atoms with E-state index in [2.05, 4.69) is 4.99 Å². The SMILES string of the molecule is CCCc1cc(C2=NCC=C2c2ccc(C(=O)NN)o2)c(O)cc1O. The van der Waals surface area contributed by atoms with E-state index in [1.165, 1.54) is 12.1 Å². The Hall–Kier alpha value is -3.06. The van der Waals surface area contributed by atoms with E-state index < -0.39 is 5.91 Å². The fourth-order valence-corrected chi connectivity index (χ4v) is 2.81. The number of hydrogen-bond donors (Lipinski definition) is 4. The molecule has 0 unspecified atom stereocenters. The van der Waals surface area contributed by atoms with Gasteiger partial charge in [-0.1, -0.05) is 13.3 Å². The zero-order chi connectivity index (χ0) is 18.0. The standard InChI is InChI=1S/C18H19N3O4/c1-2-3-10-8-12(14(23)9-13(10)22)17-11(6-7-20-17)15-4-5-16(25-15)18(24)21-19/h4-6,8-9,22-23H,2-3,7,19H2,1H3,(H,21,24). The maximum atomic E-state index is 11.6. The number of furan rings is 1. The molecule has 2 aromatic rings. The van der Waals surface area contributed by atoms with Crippen molar-refractivity contribution in [2.45, 2.75) is 19.8 Å². The number of hydrogen-bond acceptors (Lipinski definition) is 6. The van der Waals surface area contributed by atoms with Crippen molar-refractivity contribution in [3.05, 3.63) is 53.0 Å². The van der Waals surface area contributed by atoms with Crippen molar-refractivity contribution < 1.29 is 19.4 Å². The van der Waals surface area contributed by atoms with Crippen molar-refractivity contribution in [1.82, 2.24) is 5.43 Å². The number of aromatic hydroxyl groups is 2. The first-order valence-corrected chi connectivity index (χ1v) is 7.96. The number of carbonyl (C=O) groups excluding carboxylic acids is 1. The van der Waals surface area contributed by atoms with Crippen LogP contribution in [0.5, 0.6) is 11.5 Å². The molecule has 1 amide bonds. The second kappa shape index (κ2) is 6.82. The number of nitrogen functional groups attached to an aromatic ring is 1. The Labute approximate surface area is 144 Å². The molecule has 0 aliphatic carbocycles. The lowest BCUT2D eigenvalue weighted by molar-refractivity contribution is 0.0925. The summed E-state index contributed by atoms with van der Waals surface area (Å²) in [6, 6.07) is 6.24. The fraction of sp³-hybridized carbons (Fsp3) is 0.222. The fourth-order valence-electron chi connectivity index (χ4n) is 2.81. The molecular weight excluding hydrogens is 322 g/mol. The van der Waals surface area contributed by atoms with Crippen LogP contribution in [-0.4, -0.2) is 28.4 Å². The highest BCUT2D eigenvalue weighted by Crippen LogP contribution is 2.34. The van der Waals surface area contributed by atoms with Crippen LogP contribution in [0.2, 0.25) is 0 Å². The molecule has 1 aliphatic rings. The summed E-state index contributed by atoms with van der Waals surface area (Å²) >= 11 is 0. The smallest absolute Gasteiger partial charge is 0.300 e. The number of aliphatic imine (C=N–C) groups is 1. The predicted molar refractivity (Wildman–Crippen MR) is 93.5 cm³/mol. The molecule has 0 radical (unpaired) electrons. The van der Waals surface area contributed by atoms with Gasteiger partial charge >= 0.3 is 5.91 Å². The monoisotopic (exact) mass is 341 g/mol. The van der Waals surface area contributed by atoms with Gasteiger partial charge in [-0.05, 0) is 36.3 Å². The first-order chi connectivity index (χ1) is 12.0. The quantitative estimate of drug-likeness (QED) is 0.377. The Morgan fingerprint density at radius 2 is 2.12 bits per heavy atom. The largest absolute Gasteiger partial charge is 0.508 e. The molecule has 7 nitrogen and oxygen atoms in total. The van der Waals surface area contributed by atoms with Gasteiger partial charge in [0.15, 0.2) is 5.76 Å². The van der Waals surface area contributed by atoms with Crippen LogP contribution in [0.15, 0.2) is 39.8 Å². The summed E-state index contributed by atoms with van der Waals surface area (Å²) in [5, 5.41) is 20.2. The van der Waals surface area contributed by atoms with Gasteiger partial charge in [-0.15, -0.1) is 0 Å². The lowest BCUT2D eigenvalue weighted by Gasteiger charge is -2.11. The van der Waals surface area contributed by atoms with Crippen molar-refractivity contribution in [2.24, 2.45) is 10.8 Å². The minimum absolute atomic E-state index is 0.0598. The second-order valence-corrected chi connectivity index (χ2v) is 5.69. The van der Waals surface area contributed by atoms with Crippen LogP contribution in [0.4, 0.5) is 0 Å². The Bertz CT molecular complexity index is 880. The van der Waals surface area contributed by atoms with Gasteiger partial charge in [0.25, 0.3) is 0 Å². The first-order valence-electron chi connectivity index (χ1n) is 7.96. The molecule has 2 heterocycles. The molecular formula is C18H19N3O4. The summed E-state index contributed by atoms with van der Waals surface area (Å²) in [6.45, 7) is 2.45. The molecule has 7 heteroatoms. The van der Waals surface area contributed by atoms with Crippen molar-refractivity contribution in [2.75, 3.05) is 6.54 Å². The second-order valence-electron chi connectivity index (χ2n) is 5.69. The molecule has 130 valence electrons. The molecule has 0 saturated carbocycles. The van der Waals surface area contributed by atoms with E-state index in [0.29, 0.717) is 35.6 Å². The molecule has 1 aromatic carbocycles. The van der Waals surface area contributed by atoms with Crippen LogP contribution in [0, 0.1) is 0 Å². The molecule has 3 rings (SSSR count). The van der Waals surface area contributed by atoms with Gasteiger partial charge < -0.3 is 14.6 Å². The van der Waals surface area contributed by atoms with Crippen LogP contribution in [0.3, 0.4) is 0 Å². The van der Waals surface area contributed by atoms with E-state index in [-0.39, 0.29) is 17.3 Å². The van der Waals surface area contributed by atoms with E-state index >= 15 is 0 Å². The van der Waals surface area contributed by atoms with Crippen molar-refractivity contribution >= 4 is 17.2 Å². The van der Waals surface area contributed by atoms with Gasteiger partial charge in [-0.3, -0.25) is 15.2 Å². The zero-order valence-electron chi connectivity index (χ0n) is 13.7. The third kappa shape index (κ3) is 3.14. The lowest BCUT2D eigenvalue weighted by Crippen LogP contribution is -2.29. The molecule has 1 aromatic heterocycles. The molecule has 0 saturated heterocycles. The number of rotatable bonds is 5. The van der Waals surface area contributed by atoms with Crippen molar-refractivity contribution in [3.8, 4) is 11.5 Å². The zero-order valence-corrected chi connectivity index (χ0v) is 13.7. The van der Waals surface area contributed by atoms with Gasteiger partial charge in [-0.25, -0.2) is 5.84 Å². The number of phenolic OH excluding ortho intramolecular Hbond substituents is 2. The summed E-state index contributed by atoms with van der Waals surface area (Å²) in [5.74, 6) is 5.13. The van der Waals surface area contributed by atoms with Crippen LogP contribution in [0.25, 0.3) is 5.57 Å². The average molecular weight is 341 g/mol. The number of nitrogens with two attached hydrogens (primary N) is 1. The summed E-state index contributed by atoms with van der Waals surface area (Å²) in [4.78, 5) is 16.0. The van der Waals surface area contributed by atoms with E-state index in [1.807, 2.05) is 18.4 Å². The number of phenols is 2. The Kier molecular flexibility index (Phi) is 4.58. The molecule has 0 atom stereocenters. The molecule has 25 heavy (non-hydrogen) atoms. The normalized spacial score (nSPS) is 13.5. The number of nitrogens with one attached hydrogen (secondary N) is 1. The minimum Gasteiger partial charge on any atom is -0.508 e. The number of amides is 1. The third-order valence-electron chi connectivity index (χ3n) is 4.00. The number of aryl methyl sites for hydroxylation is 1. The summed E-state index contributed by atoms with van der Waals surface area (Å²) in [6.07, 6.45) is 3.40. The molecule has 5 N–H and O–H groups in total. The Morgan fingerprint density at radius 1 is 1.32 bits per heavy atom. The van der Waals surface area contributed by atoms with Gasteiger partial charge in [0.1, 0.15) is 17.3 Å². The minimum atomic E-state index is -0.527. The highest BCUT2D eigenvalue weighted by Gasteiger charge is 2.23. The number of nitrogens with zero attached hydrogens (tertiary/aromatic N) is 1. The van der Waals surface area contributed by atoms with E-state index in [0.717, 1.165) is 12.0 Å². The van der Waals surface area contributed by atoms with Crippen LogP contribution >= 0.6 is 0 Å². The first kappa shape index (κ1) is 16.8. The van der Waals surface area contributed by atoms with E-state index in [1.54, 1.807) is 12.1 Å². The maximum absolute atomic E-state index is 11.6. The van der Waals surface area contributed by atoms with Crippen molar-refractivity contribution in [3.63, 3.8) is 0 Å². The Morgan fingerprint density at radius 3 is 2.84 bits per heavy atom. The highest BCUT2D eigenvalue weighted by atomic mass is 16.4. The van der Waals surface area contributed by atoms with Gasteiger partial charge in [0.2, 0.25) is 0 Å². The molecule has 1 aliphatic heterocycles. The summed E-state index contributed by atoms with van der Waals surface area (Å²) < 4.78 is 5.54. The maximum Gasteiger partial charge on any atom is 0.300 e. The molecule has 0 bridgehead atoms. The average Bonchev–Trinajstić information content (AvgIpc) is 3.25. The highest BCUT2D eigenvalue weighted by molar-refractivity contribution is 6.33. The topological polar surface area (TPSA) is 121 Å². The predicted octanol–water partition coefficient (Wildman–Crippen LogP) is 2.13. The van der Waals surface area contributed by atoms with Crippen LogP contribution in [0.1, 0.15) is 40.8 Å². The lowest BCUT2D eigenvalue weighted by atomic mass is 9.97. The summed E-state index contributed by atoms with van der Waals surface area (Å²) in [7, 11) is 0. The van der Waals surface area contributed by atoms with Gasteiger partial charge in [0.05, 0.1) is 12.3 Å². The number of allylic oxidation sites excluding steroid dienone is 1. The van der Waals surface area contributed by atoms with Gasteiger partial charge in [-0.2, -0.15) is 0 Å². The van der Waals surface area contributed by atoms with Crippen LogP contribution in [-0.2, 0) is 6.42 Å². The van der Waals surface area contributed by atoms with Crippen LogP contribution < -0.4 is 11.3 Å². The van der Waals surface area contributed by atoms with E-state index in [9.17, 15) is 15.0 Å². The molecule has 0 fully saturated rings.